The Labute approximate surface area is 93.9 Å². The van der Waals surface area contributed by atoms with Gasteiger partial charge in [0.25, 0.3) is 0 Å². The van der Waals surface area contributed by atoms with Gasteiger partial charge in [-0.1, -0.05) is 0 Å². The van der Waals surface area contributed by atoms with Crippen LogP contribution in [0, 0.1) is 0 Å². The Morgan fingerprint density at radius 3 is 2.81 bits per heavy atom. The zero-order chi connectivity index (χ0) is 11.5. The van der Waals surface area contributed by atoms with Gasteiger partial charge in [-0.3, -0.25) is 14.5 Å². The second-order valence-electron chi connectivity index (χ2n) is 3.87. The molecule has 2 heterocycles. The number of hydrogen-bond donors (Lipinski definition) is 0. The predicted molar refractivity (Wildman–Crippen MR) is 61.2 cm³/mol. The molecule has 82 valence electrons. The number of nitrogens with zero attached hydrogens (tertiary/aromatic N) is 3. The molecule has 0 saturated heterocycles. The maximum atomic E-state index is 11.0. The molecule has 0 radical (unpaired) electrons. The molecule has 0 amide bonds. The van der Waals surface area contributed by atoms with Gasteiger partial charge in [0.05, 0.1) is 5.56 Å². The Hall–Kier alpha value is -1.97. The van der Waals surface area contributed by atoms with Crippen molar-refractivity contribution < 1.29 is 4.79 Å². The van der Waals surface area contributed by atoms with Crippen molar-refractivity contribution in [3.05, 3.63) is 36.3 Å². The monoisotopic (exact) mass is 215 g/mol. The van der Waals surface area contributed by atoms with E-state index in [2.05, 4.69) is 10.1 Å². The van der Waals surface area contributed by atoms with E-state index >= 15 is 0 Å². The predicted octanol–water partition coefficient (Wildman–Crippen LogP) is 2.34. The zero-order valence-electron chi connectivity index (χ0n) is 9.29. The molecule has 16 heavy (non-hydrogen) atoms. The van der Waals surface area contributed by atoms with Crippen molar-refractivity contribution in [2.24, 2.45) is 0 Å². The van der Waals surface area contributed by atoms with Crippen LogP contribution in [0.15, 0.2) is 30.7 Å². The van der Waals surface area contributed by atoms with E-state index in [4.69, 9.17) is 0 Å². The molecule has 2 aromatic heterocycles. The van der Waals surface area contributed by atoms with Crippen molar-refractivity contribution >= 4 is 6.29 Å². The number of carbonyl (C=O) groups is 1. The van der Waals surface area contributed by atoms with Crippen molar-refractivity contribution in [2.45, 2.75) is 19.9 Å². The third-order valence-electron chi connectivity index (χ3n) is 2.35. The molecule has 0 aliphatic carbocycles. The van der Waals surface area contributed by atoms with E-state index in [0.717, 1.165) is 11.8 Å². The average Bonchev–Trinajstić information content (AvgIpc) is 2.74. The summed E-state index contributed by atoms with van der Waals surface area (Å²) in [6.45, 7) is 4.04. The first-order valence-electron chi connectivity index (χ1n) is 5.17. The minimum Gasteiger partial charge on any atom is -0.298 e. The number of hydrogen-bond acceptors (Lipinski definition) is 3. The standard InChI is InChI=1S/C12H13N3O/c1-9(2)15-7-11(8-16)12(14-15)10-4-3-5-13-6-10/h3-9H,1-2H3. The first-order chi connectivity index (χ1) is 7.72. The van der Waals surface area contributed by atoms with Crippen molar-refractivity contribution in [1.82, 2.24) is 14.8 Å². The molecule has 4 heteroatoms. The lowest BCUT2D eigenvalue weighted by Crippen LogP contribution is -2.00. The molecule has 0 unspecified atom stereocenters. The summed E-state index contributed by atoms with van der Waals surface area (Å²) < 4.78 is 1.78. The van der Waals surface area contributed by atoms with Gasteiger partial charge in [-0.05, 0) is 26.0 Å². The Bertz CT molecular complexity index is 488. The number of aromatic nitrogens is 3. The molecule has 0 spiro atoms. The molecule has 0 aliphatic rings. The van der Waals surface area contributed by atoms with Gasteiger partial charge in [-0.15, -0.1) is 0 Å². The highest BCUT2D eigenvalue weighted by atomic mass is 16.1. The molecule has 0 fully saturated rings. The smallest absolute Gasteiger partial charge is 0.153 e. The van der Waals surface area contributed by atoms with E-state index in [9.17, 15) is 4.79 Å². The normalized spacial score (nSPS) is 10.7. The van der Waals surface area contributed by atoms with Gasteiger partial charge in [0.1, 0.15) is 5.69 Å². The van der Waals surface area contributed by atoms with E-state index in [0.29, 0.717) is 11.3 Å². The average molecular weight is 215 g/mol. The Balaban J connectivity index is 2.52. The maximum Gasteiger partial charge on any atom is 0.153 e. The van der Waals surface area contributed by atoms with Crippen LogP contribution in [0.5, 0.6) is 0 Å². The highest BCUT2D eigenvalue weighted by Gasteiger charge is 2.11. The summed E-state index contributed by atoms with van der Waals surface area (Å²) in [6.07, 6.45) is 6.00. The molecule has 0 atom stereocenters. The van der Waals surface area contributed by atoms with E-state index in [1.54, 1.807) is 23.3 Å². The fourth-order valence-corrected chi connectivity index (χ4v) is 1.48. The van der Waals surface area contributed by atoms with Crippen LogP contribution in [-0.4, -0.2) is 21.1 Å². The van der Waals surface area contributed by atoms with E-state index in [1.807, 2.05) is 26.0 Å². The lowest BCUT2D eigenvalue weighted by molar-refractivity contribution is 0.112. The molecule has 0 N–H and O–H groups in total. The van der Waals surface area contributed by atoms with Crippen LogP contribution in [0.1, 0.15) is 30.2 Å². The van der Waals surface area contributed by atoms with Crippen LogP contribution in [0.25, 0.3) is 11.3 Å². The maximum absolute atomic E-state index is 11.0. The number of rotatable bonds is 3. The minimum atomic E-state index is 0.240. The van der Waals surface area contributed by atoms with Crippen LogP contribution in [0.2, 0.25) is 0 Å². The van der Waals surface area contributed by atoms with Crippen LogP contribution in [0.3, 0.4) is 0 Å². The van der Waals surface area contributed by atoms with Crippen molar-refractivity contribution in [2.75, 3.05) is 0 Å². The Kier molecular flexibility index (Phi) is 2.81. The van der Waals surface area contributed by atoms with Gasteiger partial charge < -0.3 is 0 Å². The zero-order valence-corrected chi connectivity index (χ0v) is 9.29. The Morgan fingerprint density at radius 2 is 2.25 bits per heavy atom. The highest BCUT2D eigenvalue weighted by molar-refractivity contribution is 5.85. The third-order valence-corrected chi connectivity index (χ3v) is 2.35. The largest absolute Gasteiger partial charge is 0.298 e. The number of aldehydes is 1. The number of carbonyl (C=O) groups excluding carboxylic acids is 1. The molecule has 4 nitrogen and oxygen atoms in total. The van der Waals surface area contributed by atoms with Crippen molar-refractivity contribution in [1.29, 1.82) is 0 Å². The SMILES string of the molecule is CC(C)n1cc(C=O)c(-c2cccnc2)n1. The van der Waals surface area contributed by atoms with Gasteiger partial charge >= 0.3 is 0 Å². The van der Waals surface area contributed by atoms with Crippen LogP contribution >= 0.6 is 0 Å². The van der Waals surface area contributed by atoms with Crippen LogP contribution < -0.4 is 0 Å². The number of pyridine rings is 1. The van der Waals surface area contributed by atoms with Crippen molar-refractivity contribution in [3.8, 4) is 11.3 Å². The lowest BCUT2D eigenvalue weighted by Gasteiger charge is -2.03. The molecule has 2 aromatic rings. The third kappa shape index (κ3) is 1.86. The molecular formula is C12H13N3O. The summed E-state index contributed by atoms with van der Waals surface area (Å²) in [5.74, 6) is 0. The highest BCUT2D eigenvalue weighted by Crippen LogP contribution is 2.21. The fraction of sp³-hybridized carbons (Fsp3) is 0.250. The molecule has 0 bridgehead atoms. The summed E-state index contributed by atoms with van der Waals surface area (Å²) >= 11 is 0. The first-order valence-corrected chi connectivity index (χ1v) is 5.17. The van der Waals surface area contributed by atoms with Gasteiger partial charge in [-0.2, -0.15) is 5.10 Å². The van der Waals surface area contributed by atoms with E-state index in [1.165, 1.54) is 0 Å². The van der Waals surface area contributed by atoms with Gasteiger partial charge in [0, 0.05) is 30.2 Å². The summed E-state index contributed by atoms with van der Waals surface area (Å²) in [7, 11) is 0. The molecular weight excluding hydrogens is 202 g/mol. The minimum absolute atomic E-state index is 0.240. The fourth-order valence-electron chi connectivity index (χ4n) is 1.48. The summed E-state index contributed by atoms with van der Waals surface area (Å²) in [5, 5.41) is 4.40. The summed E-state index contributed by atoms with van der Waals surface area (Å²) in [4.78, 5) is 15.0. The van der Waals surface area contributed by atoms with Crippen LogP contribution in [-0.2, 0) is 0 Å². The summed E-state index contributed by atoms with van der Waals surface area (Å²) in [5.41, 5.74) is 2.16. The molecule has 2 rings (SSSR count). The van der Waals surface area contributed by atoms with E-state index in [-0.39, 0.29) is 6.04 Å². The van der Waals surface area contributed by atoms with E-state index < -0.39 is 0 Å². The van der Waals surface area contributed by atoms with Crippen molar-refractivity contribution in [3.63, 3.8) is 0 Å². The second-order valence-corrected chi connectivity index (χ2v) is 3.87. The molecule has 0 aromatic carbocycles. The van der Waals surface area contributed by atoms with Crippen LogP contribution in [0.4, 0.5) is 0 Å². The quantitative estimate of drug-likeness (QED) is 0.738. The molecule has 0 saturated carbocycles. The first kappa shape index (κ1) is 10.5. The van der Waals surface area contributed by atoms with Gasteiger partial charge in [0.15, 0.2) is 6.29 Å². The van der Waals surface area contributed by atoms with Gasteiger partial charge in [0.2, 0.25) is 0 Å². The molecule has 0 aliphatic heterocycles. The second kappa shape index (κ2) is 4.26. The topological polar surface area (TPSA) is 47.8 Å². The van der Waals surface area contributed by atoms with Gasteiger partial charge in [-0.25, -0.2) is 0 Å². The lowest BCUT2D eigenvalue weighted by atomic mass is 10.1. The summed E-state index contributed by atoms with van der Waals surface area (Å²) in [6, 6.07) is 3.97. The Morgan fingerprint density at radius 1 is 1.44 bits per heavy atom.